The van der Waals surface area contributed by atoms with Crippen LogP contribution in [-0.4, -0.2) is 15.3 Å². The summed E-state index contributed by atoms with van der Waals surface area (Å²) in [6, 6.07) is 0. The van der Waals surface area contributed by atoms with Gasteiger partial charge < -0.3 is 5.73 Å². The first-order chi connectivity index (χ1) is 6.53. The number of aryl methyl sites for hydroxylation is 2. The van der Waals surface area contributed by atoms with Crippen LogP contribution in [-0.2, 0) is 13.5 Å². The maximum absolute atomic E-state index is 6.15. The molecule has 0 spiro atoms. The van der Waals surface area contributed by atoms with Gasteiger partial charge in [-0.05, 0) is 31.7 Å². The maximum Gasteiger partial charge on any atom is 0.0521 e. The first-order valence-electron chi connectivity index (χ1n) is 5.30. The fourth-order valence-corrected chi connectivity index (χ4v) is 1.73. The molecule has 0 aliphatic rings. The van der Waals surface area contributed by atoms with Gasteiger partial charge in [-0.2, -0.15) is 5.10 Å². The van der Waals surface area contributed by atoms with Crippen molar-refractivity contribution in [3.05, 3.63) is 18.0 Å². The Labute approximate surface area is 86.3 Å². The molecule has 2 N–H and O–H groups in total. The summed E-state index contributed by atoms with van der Waals surface area (Å²) in [5.74, 6) is 0. The molecule has 3 heteroatoms. The Morgan fingerprint density at radius 2 is 2.21 bits per heavy atom. The fraction of sp³-hybridized carbons (Fsp3) is 0.727. The van der Waals surface area contributed by atoms with E-state index in [1.165, 1.54) is 5.56 Å². The second-order valence-electron chi connectivity index (χ2n) is 4.43. The highest BCUT2D eigenvalue weighted by atomic mass is 15.2. The Hall–Kier alpha value is -0.830. The summed E-state index contributed by atoms with van der Waals surface area (Å²) in [6.45, 7) is 4.31. The molecule has 1 unspecified atom stereocenters. The van der Waals surface area contributed by atoms with E-state index in [0.29, 0.717) is 0 Å². The molecule has 0 aromatic carbocycles. The average molecular weight is 195 g/mol. The number of rotatable bonds is 5. The van der Waals surface area contributed by atoms with Crippen LogP contribution in [0.2, 0.25) is 0 Å². The van der Waals surface area contributed by atoms with Gasteiger partial charge in [0.15, 0.2) is 0 Å². The third-order valence-electron chi connectivity index (χ3n) is 2.56. The standard InChI is InChI=1S/C11H21N3/c1-4-6-11(2,12)7-5-10-8-13-14(3)9-10/h8-9H,4-7,12H2,1-3H3. The van der Waals surface area contributed by atoms with Gasteiger partial charge >= 0.3 is 0 Å². The molecule has 0 aliphatic heterocycles. The Balaban J connectivity index is 2.40. The summed E-state index contributed by atoms with van der Waals surface area (Å²) in [7, 11) is 1.94. The van der Waals surface area contributed by atoms with Gasteiger partial charge in [0.05, 0.1) is 6.20 Å². The van der Waals surface area contributed by atoms with Crippen molar-refractivity contribution >= 4 is 0 Å². The van der Waals surface area contributed by atoms with E-state index < -0.39 is 0 Å². The molecule has 1 heterocycles. The third-order valence-corrected chi connectivity index (χ3v) is 2.56. The van der Waals surface area contributed by atoms with Crippen LogP contribution >= 0.6 is 0 Å². The van der Waals surface area contributed by atoms with Gasteiger partial charge in [-0.3, -0.25) is 4.68 Å². The summed E-state index contributed by atoms with van der Waals surface area (Å²) in [4.78, 5) is 0. The maximum atomic E-state index is 6.15. The molecule has 0 saturated carbocycles. The van der Waals surface area contributed by atoms with E-state index in [4.69, 9.17) is 5.73 Å². The average Bonchev–Trinajstić information content (AvgIpc) is 2.48. The van der Waals surface area contributed by atoms with E-state index in [-0.39, 0.29) is 5.54 Å². The van der Waals surface area contributed by atoms with E-state index in [0.717, 1.165) is 25.7 Å². The lowest BCUT2D eigenvalue weighted by Crippen LogP contribution is -2.36. The zero-order valence-electron chi connectivity index (χ0n) is 9.45. The molecule has 0 aliphatic carbocycles. The molecule has 1 rings (SSSR count). The number of hydrogen-bond acceptors (Lipinski definition) is 2. The third kappa shape index (κ3) is 3.50. The molecular formula is C11H21N3. The minimum Gasteiger partial charge on any atom is -0.325 e. The van der Waals surface area contributed by atoms with Crippen LogP contribution in [0, 0.1) is 0 Å². The zero-order chi connectivity index (χ0) is 10.6. The minimum atomic E-state index is -0.0232. The Morgan fingerprint density at radius 3 is 2.71 bits per heavy atom. The number of nitrogens with zero attached hydrogens (tertiary/aromatic N) is 2. The lowest BCUT2D eigenvalue weighted by Gasteiger charge is -2.23. The summed E-state index contributed by atoms with van der Waals surface area (Å²) in [5.41, 5.74) is 7.41. The number of nitrogens with two attached hydrogens (primary N) is 1. The normalized spacial score (nSPS) is 15.4. The van der Waals surface area contributed by atoms with Gasteiger partial charge in [0.25, 0.3) is 0 Å². The van der Waals surface area contributed by atoms with Crippen LogP contribution in [0.25, 0.3) is 0 Å². The van der Waals surface area contributed by atoms with Gasteiger partial charge in [-0.25, -0.2) is 0 Å². The molecule has 0 radical (unpaired) electrons. The molecule has 1 aromatic heterocycles. The van der Waals surface area contributed by atoms with E-state index >= 15 is 0 Å². The van der Waals surface area contributed by atoms with Crippen molar-refractivity contribution in [3.63, 3.8) is 0 Å². The number of aromatic nitrogens is 2. The minimum absolute atomic E-state index is 0.0232. The van der Waals surface area contributed by atoms with Gasteiger partial charge in [-0.15, -0.1) is 0 Å². The van der Waals surface area contributed by atoms with E-state index in [1.54, 1.807) is 0 Å². The van der Waals surface area contributed by atoms with Crippen molar-refractivity contribution in [2.45, 2.75) is 45.1 Å². The molecule has 14 heavy (non-hydrogen) atoms. The van der Waals surface area contributed by atoms with Crippen LogP contribution in [0.3, 0.4) is 0 Å². The van der Waals surface area contributed by atoms with Gasteiger partial charge in [0.1, 0.15) is 0 Å². The molecule has 0 amide bonds. The van der Waals surface area contributed by atoms with Crippen molar-refractivity contribution in [1.82, 2.24) is 9.78 Å². The molecule has 80 valence electrons. The molecule has 1 aromatic rings. The van der Waals surface area contributed by atoms with E-state index in [1.807, 2.05) is 17.9 Å². The predicted molar refractivity (Wildman–Crippen MR) is 59.0 cm³/mol. The second kappa shape index (κ2) is 4.60. The van der Waals surface area contributed by atoms with Crippen LogP contribution in [0.1, 0.15) is 38.7 Å². The highest BCUT2D eigenvalue weighted by Gasteiger charge is 2.16. The van der Waals surface area contributed by atoms with Crippen molar-refractivity contribution < 1.29 is 0 Å². The van der Waals surface area contributed by atoms with Crippen molar-refractivity contribution in [2.75, 3.05) is 0 Å². The fourth-order valence-electron chi connectivity index (χ4n) is 1.73. The topological polar surface area (TPSA) is 43.8 Å². The largest absolute Gasteiger partial charge is 0.325 e. The molecular weight excluding hydrogens is 174 g/mol. The molecule has 0 fully saturated rings. The van der Waals surface area contributed by atoms with Crippen molar-refractivity contribution in [3.8, 4) is 0 Å². The first-order valence-corrected chi connectivity index (χ1v) is 5.30. The quantitative estimate of drug-likeness (QED) is 0.779. The molecule has 0 saturated heterocycles. The Kier molecular flexibility index (Phi) is 3.69. The van der Waals surface area contributed by atoms with Crippen LogP contribution in [0.4, 0.5) is 0 Å². The summed E-state index contributed by atoms with van der Waals surface area (Å²) in [5, 5.41) is 4.14. The van der Waals surface area contributed by atoms with Crippen LogP contribution in [0.5, 0.6) is 0 Å². The van der Waals surface area contributed by atoms with Gasteiger partial charge in [0, 0.05) is 18.8 Å². The second-order valence-corrected chi connectivity index (χ2v) is 4.43. The van der Waals surface area contributed by atoms with Crippen LogP contribution < -0.4 is 5.73 Å². The molecule has 1 atom stereocenters. The Bertz CT molecular complexity index is 276. The van der Waals surface area contributed by atoms with Gasteiger partial charge in [0.2, 0.25) is 0 Å². The van der Waals surface area contributed by atoms with Crippen LogP contribution in [0.15, 0.2) is 12.4 Å². The molecule has 3 nitrogen and oxygen atoms in total. The van der Waals surface area contributed by atoms with E-state index in [2.05, 4.69) is 25.1 Å². The zero-order valence-corrected chi connectivity index (χ0v) is 9.45. The summed E-state index contributed by atoms with van der Waals surface area (Å²) < 4.78 is 1.84. The predicted octanol–water partition coefficient (Wildman–Crippen LogP) is 1.87. The number of hydrogen-bond donors (Lipinski definition) is 1. The highest BCUT2D eigenvalue weighted by Crippen LogP contribution is 2.16. The summed E-state index contributed by atoms with van der Waals surface area (Å²) >= 11 is 0. The smallest absolute Gasteiger partial charge is 0.0521 e. The Morgan fingerprint density at radius 1 is 1.50 bits per heavy atom. The van der Waals surface area contributed by atoms with Gasteiger partial charge in [-0.1, -0.05) is 13.3 Å². The van der Waals surface area contributed by atoms with Crippen molar-refractivity contribution in [1.29, 1.82) is 0 Å². The molecule has 0 bridgehead atoms. The SMILES string of the molecule is CCCC(C)(N)CCc1cnn(C)c1. The lowest BCUT2D eigenvalue weighted by molar-refractivity contribution is 0.397. The summed E-state index contributed by atoms with van der Waals surface area (Å²) in [6.07, 6.45) is 8.28. The van der Waals surface area contributed by atoms with E-state index in [9.17, 15) is 0 Å². The first kappa shape index (κ1) is 11.2. The monoisotopic (exact) mass is 195 g/mol. The lowest BCUT2D eigenvalue weighted by atomic mass is 9.91. The van der Waals surface area contributed by atoms with Crippen molar-refractivity contribution in [2.24, 2.45) is 12.8 Å². The highest BCUT2D eigenvalue weighted by molar-refractivity contribution is 5.04.